The van der Waals surface area contributed by atoms with E-state index in [1.54, 1.807) is 17.0 Å². The van der Waals surface area contributed by atoms with E-state index in [9.17, 15) is 9.59 Å². The van der Waals surface area contributed by atoms with Crippen molar-refractivity contribution in [2.24, 2.45) is 5.92 Å². The first-order valence-corrected chi connectivity index (χ1v) is 13.1. The van der Waals surface area contributed by atoms with E-state index >= 15 is 0 Å². The second kappa shape index (κ2) is 13.5. The molecule has 6 heteroatoms. The molecule has 3 aromatic carbocycles. The Kier molecular flexibility index (Phi) is 10.4. The van der Waals surface area contributed by atoms with E-state index in [4.69, 9.17) is 23.2 Å². The van der Waals surface area contributed by atoms with Crippen molar-refractivity contribution in [2.75, 3.05) is 6.54 Å². The SMILES string of the molecule is Cc1ccc(CCC(=O)N(Cc2ccc(Cl)c(Cl)c2)C(Cc2ccccc2)C(=O)NCC(C)C)cc1. The maximum atomic E-state index is 13.7. The zero-order valence-corrected chi connectivity index (χ0v) is 22.6. The summed E-state index contributed by atoms with van der Waals surface area (Å²) in [4.78, 5) is 28.9. The van der Waals surface area contributed by atoms with Gasteiger partial charge in [0.1, 0.15) is 6.04 Å². The number of amides is 2. The Balaban J connectivity index is 1.91. The Labute approximate surface area is 224 Å². The minimum absolute atomic E-state index is 0.0812. The van der Waals surface area contributed by atoms with Crippen LogP contribution in [0.15, 0.2) is 72.8 Å². The van der Waals surface area contributed by atoms with Gasteiger partial charge in [-0.15, -0.1) is 0 Å². The normalized spacial score (nSPS) is 11.8. The van der Waals surface area contributed by atoms with Gasteiger partial charge in [-0.3, -0.25) is 9.59 Å². The molecular formula is C30H34Cl2N2O2. The van der Waals surface area contributed by atoms with Crippen molar-refractivity contribution in [3.8, 4) is 0 Å². The molecule has 1 atom stereocenters. The molecule has 1 N–H and O–H groups in total. The molecule has 0 heterocycles. The van der Waals surface area contributed by atoms with E-state index in [1.807, 2.05) is 81.4 Å². The van der Waals surface area contributed by atoms with Crippen molar-refractivity contribution in [3.05, 3.63) is 105 Å². The van der Waals surface area contributed by atoms with E-state index in [0.717, 1.165) is 16.7 Å². The third-order valence-corrected chi connectivity index (χ3v) is 6.78. The zero-order valence-electron chi connectivity index (χ0n) is 21.1. The molecule has 4 nitrogen and oxygen atoms in total. The molecule has 190 valence electrons. The van der Waals surface area contributed by atoms with Gasteiger partial charge in [-0.05, 0) is 48.1 Å². The summed E-state index contributed by atoms with van der Waals surface area (Å²) < 4.78 is 0. The fourth-order valence-electron chi connectivity index (χ4n) is 3.96. The number of nitrogens with one attached hydrogen (secondary N) is 1. The van der Waals surface area contributed by atoms with Crippen molar-refractivity contribution >= 4 is 35.0 Å². The molecule has 0 aliphatic rings. The summed E-state index contributed by atoms with van der Waals surface area (Å²) in [6.45, 7) is 6.94. The van der Waals surface area contributed by atoms with E-state index in [2.05, 4.69) is 5.32 Å². The highest BCUT2D eigenvalue weighted by molar-refractivity contribution is 6.42. The molecule has 2 amide bonds. The minimum Gasteiger partial charge on any atom is -0.354 e. The lowest BCUT2D eigenvalue weighted by molar-refractivity contribution is -0.141. The van der Waals surface area contributed by atoms with Gasteiger partial charge in [-0.2, -0.15) is 0 Å². The molecule has 0 bridgehead atoms. The lowest BCUT2D eigenvalue weighted by atomic mass is 10.0. The highest BCUT2D eigenvalue weighted by Gasteiger charge is 2.30. The molecule has 0 aromatic heterocycles. The first-order chi connectivity index (χ1) is 17.2. The largest absolute Gasteiger partial charge is 0.354 e. The van der Waals surface area contributed by atoms with Gasteiger partial charge < -0.3 is 10.2 Å². The van der Waals surface area contributed by atoms with Crippen LogP contribution in [0.25, 0.3) is 0 Å². The number of hydrogen-bond acceptors (Lipinski definition) is 2. The molecule has 1 unspecified atom stereocenters. The number of hydrogen-bond donors (Lipinski definition) is 1. The van der Waals surface area contributed by atoms with Crippen molar-refractivity contribution in [1.29, 1.82) is 0 Å². The van der Waals surface area contributed by atoms with Gasteiger partial charge in [0.25, 0.3) is 0 Å². The predicted octanol–water partition coefficient (Wildman–Crippen LogP) is 6.65. The van der Waals surface area contributed by atoms with Crippen LogP contribution >= 0.6 is 23.2 Å². The van der Waals surface area contributed by atoms with Crippen LogP contribution in [0.2, 0.25) is 10.0 Å². The Morgan fingerprint density at radius 1 is 0.861 bits per heavy atom. The topological polar surface area (TPSA) is 49.4 Å². The second-order valence-electron chi connectivity index (χ2n) is 9.60. The second-order valence-corrected chi connectivity index (χ2v) is 10.4. The third kappa shape index (κ3) is 8.39. The molecule has 0 aliphatic carbocycles. The summed E-state index contributed by atoms with van der Waals surface area (Å²) >= 11 is 12.4. The van der Waals surface area contributed by atoms with Gasteiger partial charge in [-0.1, -0.05) is 103 Å². The Bertz CT molecular complexity index is 1150. The number of carbonyl (C=O) groups is 2. The van der Waals surface area contributed by atoms with E-state index in [1.165, 1.54) is 5.56 Å². The fourth-order valence-corrected chi connectivity index (χ4v) is 4.28. The highest BCUT2D eigenvalue weighted by Crippen LogP contribution is 2.25. The standard InChI is InChI=1S/C30H34Cl2N2O2/c1-21(2)19-33-30(36)28(18-24-7-5-4-6-8-24)34(20-25-13-15-26(31)27(32)17-25)29(35)16-14-23-11-9-22(3)10-12-23/h4-13,15,17,21,28H,14,16,18-20H2,1-3H3,(H,33,36). The summed E-state index contributed by atoms with van der Waals surface area (Å²) in [6, 6.07) is 22.6. The van der Waals surface area contributed by atoms with Crippen molar-refractivity contribution in [3.63, 3.8) is 0 Å². The quantitative estimate of drug-likeness (QED) is 0.305. The monoisotopic (exact) mass is 524 g/mol. The number of nitrogens with zero attached hydrogens (tertiary/aromatic N) is 1. The van der Waals surface area contributed by atoms with Gasteiger partial charge >= 0.3 is 0 Å². The number of halogens is 2. The van der Waals surface area contributed by atoms with Gasteiger partial charge in [0.15, 0.2) is 0 Å². The summed E-state index contributed by atoms with van der Waals surface area (Å²) in [5.74, 6) is 0.0608. The number of carbonyl (C=O) groups excluding carboxylic acids is 2. The van der Waals surface area contributed by atoms with Crippen molar-refractivity contribution in [2.45, 2.75) is 52.6 Å². The maximum Gasteiger partial charge on any atom is 0.243 e. The molecule has 0 aliphatic heterocycles. The predicted molar refractivity (Wildman–Crippen MR) is 148 cm³/mol. The maximum absolute atomic E-state index is 13.7. The van der Waals surface area contributed by atoms with Gasteiger partial charge in [0, 0.05) is 25.9 Å². The first-order valence-electron chi connectivity index (χ1n) is 12.3. The van der Waals surface area contributed by atoms with Crippen LogP contribution in [0.3, 0.4) is 0 Å². The average Bonchev–Trinajstić information content (AvgIpc) is 2.86. The summed E-state index contributed by atoms with van der Waals surface area (Å²) in [6.07, 6.45) is 1.32. The minimum atomic E-state index is -0.661. The lowest BCUT2D eigenvalue weighted by Gasteiger charge is -2.32. The average molecular weight is 526 g/mol. The van der Waals surface area contributed by atoms with Crippen LogP contribution in [-0.4, -0.2) is 29.3 Å². The van der Waals surface area contributed by atoms with Crippen LogP contribution < -0.4 is 5.32 Å². The van der Waals surface area contributed by atoms with Gasteiger partial charge in [-0.25, -0.2) is 0 Å². The number of aryl methyl sites for hydroxylation is 2. The number of rotatable bonds is 11. The molecule has 0 saturated heterocycles. The molecule has 0 saturated carbocycles. The first kappa shape index (κ1) is 27.8. The molecule has 0 spiro atoms. The lowest BCUT2D eigenvalue weighted by Crippen LogP contribution is -2.51. The zero-order chi connectivity index (χ0) is 26.1. The third-order valence-electron chi connectivity index (χ3n) is 6.04. The highest BCUT2D eigenvalue weighted by atomic mass is 35.5. The van der Waals surface area contributed by atoms with Crippen LogP contribution in [0.1, 0.15) is 42.5 Å². The van der Waals surface area contributed by atoms with Crippen LogP contribution in [0, 0.1) is 12.8 Å². The number of benzene rings is 3. The smallest absolute Gasteiger partial charge is 0.243 e. The summed E-state index contributed by atoms with van der Waals surface area (Å²) in [5, 5.41) is 3.92. The summed E-state index contributed by atoms with van der Waals surface area (Å²) in [7, 11) is 0. The van der Waals surface area contributed by atoms with Crippen LogP contribution in [0.5, 0.6) is 0 Å². The van der Waals surface area contributed by atoms with E-state index in [0.29, 0.717) is 41.8 Å². The summed E-state index contributed by atoms with van der Waals surface area (Å²) in [5.41, 5.74) is 4.08. The van der Waals surface area contributed by atoms with Gasteiger partial charge in [0.2, 0.25) is 11.8 Å². The fraction of sp³-hybridized carbons (Fsp3) is 0.333. The molecule has 0 fully saturated rings. The van der Waals surface area contributed by atoms with Crippen molar-refractivity contribution in [1.82, 2.24) is 10.2 Å². The Hall–Kier alpha value is -2.82. The molecule has 3 aromatic rings. The van der Waals surface area contributed by atoms with Crippen LogP contribution in [0.4, 0.5) is 0 Å². The van der Waals surface area contributed by atoms with Gasteiger partial charge in [0.05, 0.1) is 10.0 Å². The molecule has 36 heavy (non-hydrogen) atoms. The molecular weight excluding hydrogens is 491 g/mol. The van der Waals surface area contributed by atoms with Crippen molar-refractivity contribution < 1.29 is 9.59 Å². The van der Waals surface area contributed by atoms with Crippen LogP contribution in [-0.2, 0) is 29.0 Å². The van der Waals surface area contributed by atoms with E-state index < -0.39 is 6.04 Å². The van der Waals surface area contributed by atoms with E-state index in [-0.39, 0.29) is 18.4 Å². The molecule has 3 rings (SSSR count). The Morgan fingerprint density at radius 2 is 1.53 bits per heavy atom. The molecule has 0 radical (unpaired) electrons. The Morgan fingerprint density at radius 3 is 2.17 bits per heavy atom.